The van der Waals surface area contributed by atoms with E-state index in [1.807, 2.05) is 0 Å². The minimum Gasteiger partial charge on any atom is -0.465 e. The van der Waals surface area contributed by atoms with E-state index in [4.69, 9.17) is 9.47 Å². The number of carbonyl (C=O) groups is 2. The highest BCUT2D eigenvalue weighted by Crippen LogP contribution is 2.14. The summed E-state index contributed by atoms with van der Waals surface area (Å²) < 4.78 is 10.7. The fourth-order valence-electron chi connectivity index (χ4n) is 2.54. The first kappa shape index (κ1) is 21.9. The van der Waals surface area contributed by atoms with E-state index < -0.39 is 0 Å². The molecule has 0 aliphatic rings. The van der Waals surface area contributed by atoms with Gasteiger partial charge in [-0.25, -0.2) is 0 Å². The van der Waals surface area contributed by atoms with Gasteiger partial charge in [-0.2, -0.15) is 0 Å². The van der Waals surface area contributed by atoms with Crippen molar-refractivity contribution in [2.75, 3.05) is 6.61 Å². The van der Waals surface area contributed by atoms with Gasteiger partial charge >= 0.3 is 11.9 Å². The van der Waals surface area contributed by atoms with Crippen LogP contribution in [-0.4, -0.2) is 24.6 Å². The maximum absolute atomic E-state index is 11.8. The Hall–Kier alpha value is -1.06. The van der Waals surface area contributed by atoms with Gasteiger partial charge in [0.15, 0.2) is 0 Å². The van der Waals surface area contributed by atoms with Crippen molar-refractivity contribution in [1.82, 2.24) is 0 Å². The topological polar surface area (TPSA) is 52.6 Å². The Bertz CT molecular complexity index is 308. The molecular formula is C19H36O4. The minimum atomic E-state index is -0.292. The summed E-state index contributed by atoms with van der Waals surface area (Å²) in [7, 11) is 0. The molecule has 0 fully saturated rings. The molecule has 4 nitrogen and oxygen atoms in total. The standard InChI is InChI=1S/C19H36O4/c1-5-9-12-16(8-4)15-22-18(20)13-14-19(21)23-17(10-6-2)11-7-3/h16-17H,5-15H2,1-4H3. The normalized spacial score (nSPS) is 12.2. The van der Waals surface area contributed by atoms with E-state index >= 15 is 0 Å². The third-order valence-electron chi connectivity index (χ3n) is 4.08. The number of hydrogen-bond donors (Lipinski definition) is 0. The van der Waals surface area contributed by atoms with Gasteiger partial charge in [0.25, 0.3) is 0 Å². The molecule has 0 amide bonds. The van der Waals surface area contributed by atoms with Gasteiger partial charge in [0.1, 0.15) is 6.10 Å². The molecule has 0 heterocycles. The molecule has 0 aliphatic carbocycles. The molecule has 1 atom stereocenters. The second-order valence-electron chi connectivity index (χ2n) is 6.29. The Balaban J connectivity index is 3.95. The van der Waals surface area contributed by atoms with E-state index in [1.54, 1.807) is 0 Å². The highest BCUT2D eigenvalue weighted by molar-refractivity contribution is 5.77. The van der Waals surface area contributed by atoms with Gasteiger partial charge in [-0.3, -0.25) is 9.59 Å². The lowest BCUT2D eigenvalue weighted by atomic mass is 10.0. The van der Waals surface area contributed by atoms with E-state index in [-0.39, 0.29) is 30.9 Å². The van der Waals surface area contributed by atoms with Crippen LogP contribution in [0, 0.1) is 5.92 Å². The molecule has 0 N–H and O–H groups in total. The molecule has 0 saturated carbocycles. The van der Waals surface area contributed by atoms with Gasteiger partial charge in [0.05, 0.1) is 19.4 Å². The van der Waals surface area contributed by atoms with Gasteiger partial charge in [-0.05, 0) is 25.2 Å². The van der Waals surface area contributed by atoms with Crippen molar-refractivity contribution in [3.05, 3.63) is 0 Å². The maximum atomic E-state index is 11.8. The SMILES string of the molecule is CCCCC(CC)COC(=O)CCC(=O)OC(CCC)CCC. The molecule has 0 aliphatic heterocycles. The summed E-state index contributed by atoms with van der Waals surface area (Å²) in [4.78, 5) is 23.6. The van der Waals surface area contributed by atoms with Gasteiger partial charge in [0, 0.05) is 0 Å². The molecule has 23 heavy (non-hydrogen) atoms. The van der Waals surface area contributed by atoms with Gasteiger partial charge in [-0.15, -0.1) is 0 Å². The van der Waals surface area contributed by atoms with Crippen molar-refractivity contribution in [2.24, 2.45) is 5.92 Å². The van der Waals surface area contributed by atoms with Crippen molar-refractivity contribution < 1.29 is 19.1 Å². The van der Waals surface area contributed by atoms with Crippen LogP contribution in [0.2, 0.25) is 0 Å². The fourth-order valence-corrected chi connectivity index (χ4v) is 2.54. The van der Waals surface area contributed by atoms with Crippen molar-refractivity contribution in [1.29, 1.82) is 0 Å². The molecular weight excluding hydrogens is 292 g/mol. The molecule has 0 radical (unpaired) electrons. The lowest BCUT2D eigenvalue weighted by Crippen LogP contribution is -2.19. The predicted octanol–water partition coefficient (Wildman–Crippen LogP) is 5.04. The molecule has 0 rings (SSSR count). The lowest BCUT2D eigenvalue weighted by Gasteiger charge is -2.17. The summed E-state index contributed by atoms with van der Waals surface area (Å²) in [5, 5.41) is 0. The van der Waals surface area contributed by atoms with Crippen molar-refractivity contribution in [3.63, 3.8) is 0 Å². The van der Waals surface area contributed by atoms with Crippen LogP contribution in [0.4, 0.5) is 0 Å². The van der Waals surface area contributed by atoms with E-state index in [0.717, 1.165) is 44.9 Å². The molecule has 136 valence electrons. The van der Waals surface area contributed by atoms with Crippen LogP contribution in [-0.2, 0) is 19.1 Å². The summed E-state index contributed by atoms with van der Waals surface area (Å²) in [6.07, 6.45) is 8.44. The highest BCUT2D eigenvalue weighted by atomic mass is 16.5. The molecule has 0 aromatic heterocycles. The first-order valence-corrected chi connectivity index (χ1v) is 9.42. The molecule has 0 aromatic rings. The molecule has 0 aromatic carbocycles. The van der Waals surface area contributed by atoms with Crippen molar-refractivity contribution in [3.8, 4) is 0 Å². The second kappa shape index (κ2) is 14.5. The first-order chi connectivity index (χ1) is 11.1. The molecule has 0 spiro atoms. The van der Waals surface area contributed by atoms with E-state index in [1.165, 1.54) is 6.42 Å². The minimum absolute atomic E-state index is 0.00737. The zero-order chi connectivity index (χ0) is 17.5. The Morgan fingerprint density at radius 3 is 1.96 bits per heavy atom. The van der Waals surface area contributed by atoms with Crippen molar-refractivity contribution >= 4 is 11.9 Å². The zero-order valence-corrected chi connectivity index (χ0v) is 15.6. The molecule has 0 bridgehead atoms. The largest absolute Gasteiger partial charge is 0.465 e. The quantitative estimate of drug-likeness (QED) is 0.419. The maximum Gasteiger partial charge on any atom is 0.306 e. The van der Waals surface area contributed by atoms with Gasteiger partial charge in [-0.1, -0.05) is 59.8 Å². The molecule has 4 heteroatoms. The Morgan fingerprint density at radius 2 is 1.43 bits per heavy atom. The number of esters is 2. The van der Waals surface area contributed by atoms with Gasteiger partial charge < -0.3 is 9.47 Å². The number of hydrogen-bond acceptors (Lipinski definition) is 4. The van der Waals surface area contributed by atoms with Crippen LogP contribution in [0.5, 0.6) is 0 Å². The van der Waals surface area contributed by atoms with Crippen LogP contribution in [0.15, 0.2) is 0 Å². The third-order valence-corrected chi connectivity index (χ3v) is 4.08. The predicted molar refractivity (Wildman–Crippen MR) is 93.2 cm³/mol. The Labute approximate surface area is 142 Å². The van der Waals surface area contributed by atoms with E-state index in [9.17, 15) is 9.59 Å². The second-order valence-corrected chi connectivity index (χ2v) is 6.29. The number of unbranched alkanes of at least 4 members (excludes halogenated alkanes) is 1. The summed E-state index contributed by atoms with van der Waals surface area (Å²) in [5.74, 6) is -0.143. The van der Waals surface area contributed by atoms with Crippen LogP contribution in [0.25, 0.3) is 0 Å². The van der Waals surface area contributed by atoms with E-state index in [2.05, 4.69) is 27.7 Å². The number of rotatable bonds is 14. The monoisotopic (exact) mass is 328 g/mol. The Morgan fingerprint density at radius 1 is 0.826 bits per heavy atom. The average molecular weight is 328 g/mol. The molecule has 0 saturated heterocycles. The molecule has 1 unspecified atom stereocenters. The van der Waals surface area contributed by atoms with Crippen LogP contribution in [0.3, 0.4) is 0 Å². The summed E-state index contributed by atoms with van der Waals surface area (Å²) in [6, 6.07) is 0. The number of ether oxygens (including phenoxy) is 2. The van der Waals surface area contributed by atoms with Crippen LogP contribution >= 0.6 is 0 Å². The first-order valence-electron chi connectivity index (χ1n) is 9.42. The summed E-state index contributed by atoms with van der Waals surface area (Å²) in [6.45, 7) is 8.91. The number of carbonyl (C=O) groups excluding carboxylic acids is 2. The van der Waals surface area contributed by atoms with Crippen LogP contribution < -0.4 is 0 Å². The lowest BCUT2D eigenvalue weighted by molar-refractivity contribution is -0.154. The summed E-state index contributed by atoms with van der Waals surface area (Å²) in [5.41, 5.74) is 0. The van der Waals surface area contributed by atoms with E-state index in [0.29, 0.717) is 12.5 Å². The highest BCUT2D eigenvalue weighted by Gasteiger charge is 2.15. The Kier molecular flexibility index (Phi) is 13.9. The van der Waals surface area contributed by atoms with Crippen LogP contribution in [0.1, 0.15) is 91.9 Å². The fraction of sp³-hybridized carbons (Fsp3) is 0.895. The third kappa shape index (κ3) is 12.1. The zero-order valence-electron chi connectivity index (χ0n) is 15.6. The van der Waals surface area contributed by atoms with Crippen molar-refractivity contribution in [2.45, 2.75) is 98.0 Å². The average Bonchev–Trinajstić information content (AvgIpc) is 2.53. The smallest absolute Gasteiger partial charge is 0.306 e. The van der Waals surface area contributed by atoms with Gasteiger partial charge in [0.2, 0.25) is 0 Å². The summed E-state index contributed by atoms with van der Waals surface area (Å²) >= 11 is 0.